The zero-order chi connectivity index (χ0) is 15.9. The van der Waals surface area contributed by atoms with Gasteiger partial charge in [0.15, 0.2) is 0 Å². The second kappa shape index (κ2) is 7.61. The molecular weight excluding hydrogens is 302 g/mol. The van der Waals surface area contributed by atoms with Crippen molar-refractivity contribution in [2.75, 3.05) is 12.9 Å². The minimum atomic E-state index is -1.28. The molecule has 2 aromatic rings. The summed E-state index contributed by atoms with van der Waals surface area (Å²) in [6, 6.07) is 14.5. The zero-order valence-corrected chi connectivity index (χ0v) is 13.0. The van der Waals surface area contributed by atoms with Gasteiger partial charge in [-0.2, -0.15) is 0 Å². The largest absolute Gasteiger partial charge is 0.497 e. The first-order valence-electron chi connectivity index (χ1n) is 6.61. The Hall–Kier alpha value is -2.34. The molecule has 0 saturated carbocycles. The smallest absolute Gasteiger partial charge is 0.230 e. The first kappa shape index (κ1) is 16.0. The van der Waals surface area contributed by atoms with Crippen LogP contribution in [0.1, 0.15) is 5.56 Å². The van der Waals surface area contributed by atoms with Gasteiger partial charge >= 0.3 is 0 Å². The minimum absolute atomic E-state index is 0.121. The number of hydrogen-bond donors (Lipinski definition) is 1. The van der Waals surface area contributed by atoms with Crippen LogP contribution in [0, 0.1) is 0 Å². The summed E-state index contributed by atoms with van der Waals surface area (Å²) in [7, 11) is 0.329. The average Bonchev–Trinajstić information content (AvgIpc) is 2.49. The van der Waals surface area contributed by atoms with Gasteiger partial charge in [-0.25, -0.2) is 0 Å². The third-order valence-corrected chi connectivity index (χ3v) is 4.11. The van der Waals surface area contributed by atoms with Gasteiger partial charge in [-0.05, 0) is 42.0 Å². The lowest BCUT2D eigenvalue weighted by molar-refractivity contribution is -0.115. The predicted octanol–water partition coefficient (Wildman–Crippen LogP) is 2.22. The van der Waals surface area contributed by atoms with Crippen LogP contribution in [0.2, 0.25) is 0 Å². The van der Waals surface area contributed by atoms with Crippen LogP contribution in [0.5, 0.6) is 17.2 Å². The molecular formula is C16H17NO4S. The highest BCUT2D eigenvalue weighted by molar-refractivity contribution is 7.84. The molecule has 0 saturated heterocycles. The molecule has 0 aliphatic heterocycles. The van der Waals surface area contributed by atoms with Crippen LogP contribution in [0.4, 0.5) is 0 Å². The van der Waals surface area contributed by atoms with Crippen LogP contribution in [0.3, 0.4) is 0 Å². The maximum absolute atomic E-state index is 11.6. The Balaban J connectivity index is 1.96. The van der Waals surface area contributed by atoms with Crippen molar-refractivity contribution in [1.82, 2.24) is 0 Å². The molecule has 0 heterocycles. The Kier molecular flexibility index (Phi) is 5.55. The highest BCUT2D eigenvalue weighted by Gasteiger charge is 2.06. The van der Waals surface area contributed by atoms with E-state index < -0.39 is 16.7 Å². The molecule has 6 heteroatoms. The van der Waals surface area contributed by atoms with Gasteiger partial charge in [0.1, 0.15) is 23.0 Å². The standard InChI is InChI=1S/C16H17NO4S/c1-20-13-6-8-15(9-7-13)21-14-4-2-12(3-5-14)10-22(19)11-16(17)18/h2-9H,10-11H2,1H3,(H2,17,18)/t22-/m0/s1. The number of carbonyl (C=O) groups excluding carboxylic acids is 1. The minimum Gasteiger partial charge on any atom is -0.497 e. The number of benzene rings is 2. The van der Waals surface area contributed by atoms with E-state index in [1.165, 1.54) is 0 Å². The monoisotopic (exact) mass is 319 g/mol. The highest BCUT2D eigenvalue weighted by Crippen LogP contribution is 2.24. The van der Waals surface area contributed by atoms with Gasteiger partial charge in [0.25, 0.3) is 0 Å². The van der Waals surface area contributed by atoms with Crippen LogP contribution in [0.15, 0.2) is 48.5 Å². The third-order valence-electron chi connectivity index (χ3n) is 2.85. The Morgan fingerprint density at radius 3 is 2.00 bits per heavy atom. The highest BCUT2D eigenvalue weighted by atomic mass is 32.2. The number of rotatable bonds is 7. The van der Waals surface area contributed by atoms with Crippen molar-refractivity contribution in [2.24, 2.45) is 5.73 Å². The predicted molar refractivity (Wildman–Crippen MR) is 85.4 cm³/mol. The summed E-state index contributed by atoms with van der Waals surface area (Å²) in [4.78, 5) is 10.7. The average molecular weight is 319 g/mol. The Labute approximate surface area is 131 Å². The summed E-state index contributed by atoms with van der Waals surface area (Å²) >= 11 is 0. The number of nitrogens with two attached hydrogens (primary N) is 1. The van der Waals surface area contributed by atoms with Gasteiger partial charge in [-0.1, -0.05) is 12.1 Å². The lowest BCUT2D eigenvalue weighted by Crippen LogP contribution is -2.20. The maximum atomic E-state index is 11.6. The van der Waals surface area contributed by atoms with Crippen molar-refractivity contribution in [3.63, 3.8) is 0 Å². The van der Waals surface area contributed by atoms with E-state index in [0.29, 0.717) is 17.3 Å². The molecule has 0 aromatic heterocycles. The van der Waals surface area contributed by atoms with E-state index in [4.69, 9.17) is 15.2 Å². The Morgan fingerprint density at radius 1 is 1.00 bits per heavy atom. The summed E-state index contributed by atoms with van der Waals surface area (Å²) in [6.07, 6.45) is 0. The van der Waals surface area contributed by atoms with Crippen LogP contribution in [0.25, 0.3) is 0 Å². The van der Waals surface area contributed by atoms with Gasteiger partial charge in [0, 0.05) is 16.6 Å². The fraction of sp³-hybridized carbons (Fsp3) is 0.188. The molecule has 0 radical (unpaired) electrons. The molecule has 0 aliphatic carbocycles. The molecule has 1 amide bonds. The molecule has 0 fully saturated rings. The van der Waals surface area contributed by atoms with Crippen LogP contribution in [-0.4, -0.2) is 23.0 Å². The topological polar surface area (TPSA) is 78.6 Å². The van der Waals surface area contributed by atoms with E-state index in [-0.39, 0.29) is 5.75 Å². The summed E-state index contributed by atoms with van der Waals surface area (Å²) in [6.45, 7) is 0. The molecule has 0 unspecified atom stereocenters. The van der Waals surface area contributed by atoms with Gasteiger partial charge in [-0.3, -0.25) is 9.00 Å². The molecule has 0 aliphatic rings. The number of amides is 1. The molecule has 1 atom stereocenters. The Morgan fingerprint density at radius 2 is 1.50 bits per heavy atom. The van der Waals surface area contributed by atoms with Gasteiger partial charge in [0.2, 0.25) is 5.91 Å². The number of methoxy groups -OCH3 is 1. The van der Waals surface area contributed by atoms with Crippen LogP contribution in [-0.2, 0) is 21.3 Å². The van der Waals surface area contributed by atoms with Crippen LogP contribution < -0.4 is 15.2 Å². The van der Waals surface area contributed by atoms with E-state index in [9.17, 15) is 9.00 Å². The van der Waals surface area contributed by atoms with Gasteiger partial charge in [0.05, 0.1) is 7.11 Å². The first-order valence-corrected chi connectivity index (χ1v) is 8.10. The summed E-state index contributed by atoms with van der Waals surface area (Å²) < 4.78 is 22.4. The van der Waals surface area contributed by atoms with E-state index in [1.807, 2.05) is 36.4 Å². The van der Waals surface area contributed by atoms with Crippen molar-refractivity contribution in [2.45, 2.75) is 5.75 Å². The van der Waals surface area contributed by atoms with E-state index in [2.05, 4.69) is 0 Å². The molecule has 2 aromatic carbocycles. The molecule has 0 spiro atoms. The number of hydrogen-bond acceptors (Lipinski definition) is 4. The SMILES string of the molecule is COc1ccc(Oc2ccc(C[S@](=O)CC(N)=O)cc2)cc1. The van der Waals surface area contributed by atoms with E-state index >= 15 is 0 Å². The number of primary amides is 1. The van der Waals surface area contributed by atoms with E-state index in [0.717, 1.165) is 11.3 Å². The van der Waals surface area contributed by atoms with E-state index in [1.54, 1.807) is 19.2 Å². The quantitative estimate of drug-likeness (QED) is 0.849. The van der Waals surface area contributed by atoms with Crippen molar-refractivity contribution >= 4 is 16.7 Å². The molecule has 2 N–H and O–H groups in total. The lowest BCUT2D eigenvalue weighted by Gasteiger charge is -2.07. The first-order chi connectivity index (χ1) is 10.6. The molecule has 116 valence electrons. The van der Waals surface area contributed by atoms with Crippen molar-refractivity contribution in [1.29, 1.82) is 0 Å². The second-order valence-electron chi connectivity index (χ2n) is 4.62. The Bertz CT molecular complexity index is 653. The van der Waals surface area contributed by atoms with Gasteiger partial charge < -0.3 is 15.2 Å². The summed E-state index contributed by atoms with van der Waals surface area (Å²) in [5, 5.41) is 0. The molecule has 0 bridgehead atoms. The summed E-state index contributed by atoms with van der Waals surface area (Å²) in [5.74, 6) is 1.76. The van der Waals surface area contributed by atoms with Crippen LogP contribution >= 0.6 is 0 Å². The van der Waals surface area contributed by atoms with Crippen molar-refractivity contribution in [3.05, 3.63) is 54.1 Å². The zero-order valence-electron chi connectivity index (χ0n) is 12.2. The lowest BCUT2D eigenvalue weighted by atomic mass is 10.2. The number of ether oxygens (including phenoxy) is 2. The molecule has 5 nitrogen and oxygen atoms in total. The third kappa shape index (κ3) is 4.89. The molecule has 22 heavy (non-hydrogen) atoms. The maximum Gasteiger partial charge on any atom is 0.230 e. The fourth-order valence-electron chi connectivity index (χ4n) is 1.83. The molecule has 2 rings (SSSR count). The normalized spacial score (nSPS) is 11.7. The second-order valence-corrected chi connectivity index (χ2v) is 6.07. The number of carbonyl (C=O) groups is 1. The van der Waals surface area contributed by atoms with Crippen molar-refractivity contribution < 1.29 is 18.5 Å². The van der Waals surface area contributed by atoms with Crippen molar-refractivity contribution in [3.8, 4) is 17.2 Å². The van der Waals surface area contributed by atoms with Gasteiger partial charge in [-0.15, -0.1) is 0 Å². The summed E-state index contributed by atoms with van der Waals surface area (Å²) in [5.41, 5.74) is 5.88. The fourth-order valence-corrected chi connectivity index (χ4v) is 2.81.